The van der Waals surface area contributed by atoms with Crippen molar-refractivity contribution in [1.82, 2.24) is 5.32 Å². The van der Waals surface area contributed by atoms with Crippen molar-refractivity contribution in [2.45, 2.75) is 6.54 Å². The number of hydrogen-bond donors (Lipinski definition) is 2. The molecule has 2 aromatic rings. The van der Waals surface area contributed by atoms with Crippen LogP contribution in [-0.4, -0.2) is 30.7 Å². The Hall–Kier alpha value is -3.02. The van der Waals surface area contributed by atoms with E-state index in [0.29, 0.717) is 6.54 Å². The van der Waals surface area contributed by atoms with Crippen LogP contribution in [0.2, 0.25) is 0 Å². The molecule has 0 bridgehead atoms. The zero-order valence-corrected chi connectivity index (χ0v) is 12.6. The minimum absolute atomic E-state index is 0.0236. The van der Waals surface area contributed by atoms with E-state index in [1.165, 1.54) is 12.1 Å². The van der Waals surface area contributed by atoms with Gasteiger partial charge in [0, 0.05) is 6.54 Å². The van der Waals surface area contributed by atoms with Gasteiger partial charge in [-0.15, -0.1) is 0 Å². The lowest BCUT2D eigenvalue weighted by molar-refractivity contribution is -0.123. The van der Waals surface area contributed by atoms with Crippen LogP contribution in [-0.2, 0) is 11.3 Å². The van der Waals surface area contributed by atoms with Gasteiger partial charge in [-0.2, -0.15) is 0 Å². The second-order valence-corrected chi connectivity index (χ2v) is 4.71. The lowest BCUT2D eigenvalue weighted by Crippen LogP contribution is -2.28. The lowest BCUT2D eigenvalue weighted by Gasteiger charge is -2.09. The van der Waals surface area contributed by atoms with Gasteiger partial charge in [-0.3, -0.25) is 4.79 Å². The van der Waals surface area contributed by atoms with Gasteiger partial charge < -0.3 is 19.9 Å². The molecule has 0 heterocycles. The van der Waals surface area contributed by atoms with E-state index in [9.17, 15) is 9.59 Å². The number of carbonyl (C=O) groups is 2. The van der Waals surface area contributed by atoms with Crippen LogP contribution in [0.25, 0.3) is 0 Å². The van der Waals surface area contributed by atoms with Crippen molar-refractivity contribution in [3.8, 4) is 11.5 Å². The van der Waals surface area contributed by atoms with Crippen LogP contribution in [0.15, 0.2) is 48.5 Å². The summed E-state index contributed by atoms with van der Waals surface area (Å²) < 4.78 is 10.3. The van der Waals surface area contributed by atoms with E-state index in [2.05, 4.69) is 5.32 Å². The number of ether oxygens (including phenoxy) is 2. The highest BCUT2D eigenvalue weighted by atomic mass is 16.5. The van der Waals surface area contributed by atoms with Gasteiger partial charge in [0.2, 0.25) is 0 Å². The first-order valence-corrected chi connectivity index (χ1v) is 6.95. The third kappa shape index (κ3) is 4.74. The smallest absolute Gasteiger partial charge is 0.339 e. The Morgan fingerprint density at radius 3 is 2.43 bits per heavy atom. The molecule has 2 aromatic carbocycles. The third-order valence-electron chi connectivity index (χ3n) is 3.12. The molecule has 0 aliphatic carbocycles. The Morgan fingerprint density at radius 2 is 1.78 bits per heavy atom. The van der Waals surface area contributed by atoms with Crippen LogP contribution in [0.4, 0.5) is 0 Å². The quantitative estimate of drug-likeness (QED) is 0.817. The number of hydrogen-bond acceptors (Lipinski definition) is 4. The molecule has 23 heavy (non-hydrogen) atoms. The summed E-state index contributed by atoms with van der Waals surface area (Å²) in [4.78, 5) is 22.8. The molecule has 6 heteroatoms. The maximum Gasteiger partial charge on any atom is 0.339 e. The summed E-state index contributed by atoms with van der Waals surface area (Å²) in [5, 5.41) is 11.7. The Kier molecular flexibility index (Phi) is 5.57. The van der Waals surface area contributed by atoms with Gasteiger partial charge in [-0.05, 0) is 29.8 Å². The molecule has 0 fully saturated rings. The molecule has 0 saturated carbocycles. The van der Waals surface area contributed by atoms with Gasteiger partial charge in [-0.1, -0.05) is 24.3 Å². The second kappa shape index (κ2) is 7.84. The van der Waals surface area contributed by atoms with Crippen LogP contribution >= 0.6 is 0 Å². The highest BCUT2D eigenvalue weighted by Gasteiger charge is 2.11. The van der Waals surface area contributed by atoms with Crippen molar-refractivity contribution in [2.75, 3.05) is 13.7 Å². The van der Waals surface area contributed by atoms with E-state index in [-0.39, 0.29) is 23.8 Å². The average molecular weight is 315 g/mol. The van der Waals surface area contributed by atoms with Crippen LogP contribution < -0.4 is 14.8 Å². The molecule has 120 valence electrons. The normalized spacial score (nSPS) is 9.96. The summed E-state index contributed by atoms with van der Waals surface area (Å²) >= 11 is 0. The monoisotopic (exact) mass is 315 g/mol. The number of carboxylic acid groups (broad SMARTS) is 1. The summed E-state index contributed by atoms with van der Waals surface area (Å²) in [7, 11) is 1.59. The van der Waals surface area contributed by atoms with Crippen molar-refractivity contribution >= 4 is 11.9 Å². The zero-order valence-electron chi connectivity index (χ0n) is 12.6. The predicted octanol–water partition coefficient (Wildman–Crippen LogP) is 2.09. The minimum Gasteiger partial charge on any atom is -0.497 e. The molecular formula is C17H17NO5. The molecule has 0 radical (unpaired) electrons. The summed E-state index contributed by atoms with van der Waals surface area (Å²) in [6, 6.07) is 13.5. The van der Waals surface area contributed by atoms with Gasteiger partial charge in [0.05, 0.1) is 7.11 Å². The number of carbonyl (C=O) groups excluding carboxylic acids is 1. The van der Waals surface area contributed by atoms with Crippen LogP contribution in [0, 0.1) is 0 Å². The molecule has 0 aromatic heterocycles. The Bertz CT molecular complexity index is 682. The van der Waals surface area contributed by atoms with E-state index in [1.807, 2.05) is 12.1 Å². The lowest BCUT2D eigenvalue weighted by atomic mass is 10.2. The van der Waals surface area contributed by atoms with Crippen molar-refractivity contribution in [3.05, 3.63) is 59.7 Å². The van der Waals surface area contributed by atoms with Gasteiger partial charge in [-0.25, -0.2) is 4.79 Å². The average Bonchev–Trinajstić information content (AvgIpc) is 2.58. The van der Waals surface area contributed by atoms with Gasteiger partial charge in [0.1, 0.15) is 17.1 Å². The first-order chi connectivity index (χ1) is 11.1. The second-order valence-electron chi connectivity index (χ2n) is 4.71. The minimum atomic E-state index is -1.10. The van der Waals surface area contributed by atoms with E-state index < -0.39 is 5.97 Å². The molecule has 0 aliphatic rings. The SMILES string of the molecule is COc1ccc(CNC(=O)COc2ccccc2C(=O)O)cc1. The molecule has 2 rings (SSSR count). The largest absolute Gasteiger partial charge is 0.497 e. The van der Waals surface area contributed by atoms with E-state index in [4.69, 9.17) is 14.6 Å². The van der Waals surface area contributed by atoms with Gasteiger partial charge in [0.25, 0.3) is 5.91 Å². The van der Waals surface area contributed by atoms with Crippen molar-refractivity contribution in [3.63, 3.8) is 0 Å². The van der Waals surface area contributed by atoms with E-state index in [1.54, 1.807) is 31.4 Å². The first kappa shape index (κ1) is 16.4. The number of amides is 1. The maximum atomic E-state index is 11.8. The van der Waals surface area contributed by atoms with E-state index >= 15 is 0 Å². The number of rotatable bonds is 7. The molecule has 0 atom stereocenters. The molecule has 0 spiro atoms. The first-order valence-electron chi connectivity index (χ1n) is 6.95. The van der Waals surface area contributed by atoms with Gasteiger partial charge >= 0.3 is 5.97 Å². The number of para-hydroxylation sites is 1. The topological polar surface area (TPSA) is 84.9 Å². The van der Waals surface area contributed by atoms with Crippen LogP contribution in [0.3, 0.4) is 0 Å². The summed E-state index contributed by atoms with van der Waals surface area (Å²) in [6.07, 6.45) is 0. The van der Waals surface area contributed by atoms with Gasteiger partial charge in [0.15, 0.2) is 6.61 Å². The Balaban J connectivity index is 1.84. The van der Waals surface area contributed by atoms with Crippen molar-refractivity contribution in [1.29, 1.82) is 0 Å². The highest BCUT2D eigenvalue weighted by molar-refractivity contribution is 5.91. The maximum absolute atomic E-state index is 11.8. The van der Waals surface area contributed by atoms with Crippen LogP contribution in [0.1, 0.15) is 15.9 Å². The van der Waals surface area contributed by atoms with Crippen molar-refractivity contribution < 1.29 is 24.2 Å². The van der Waals surface area contributed by atoms with Crippen LogP contribution in [0.5, 0.6) is 11.5 Å². The number of aromatic carboxylic acids is 1. The molecule has 0 saturated heterocycles. The molecule has 6 nitrogen and oxygen atoms in total. The number of methoxy groups -OCH3 is 1. The number of benzene rings is 2. The Morgan fingerprint density at radius 1 is 1.09 bits per heavy atom. The fourth-order valence-electron chi connectivity index (χ4n) is 1.91. The standard InChI is InChI=1S/C17H17NO5/c1-22-13-8-6-12(7-9-13)10-18-16(19)11-23-15-5-3-2-4-14(15)17(20)21/h2-9H,10-11H2,1H3,(H,18,19)(H,20,21). The summed E-state index contributed by atoms with van der Waals surface area (Å²) in [6.45, 7) is 0.104. The Labute approximate surface area is 133 Å². The molecule has 1 amide bonds. The highest BCUT2D eigenvalue weighted by Crippen LogP contribution is 2.17. The van der Waals surface area contributed by atoms with Crippen molar-refractivity contribution in [2.24, 2.45) is 0 Å². The summed E-state index contributed by atoms with van der Waals surface area (Å²) in [5.74, 6) is -0.520. The third-order valence-corrected chi connectivity index (χ3v) is 3.12. The summed E-state index contributed by atoms with van der Waals surface area (Å²) in [5.41, 5.74) is 0.945. The fourth-order valence-corrected chi connectivity index (χ4v) is 1.91. The van der Waals surface area contributed by atoms with E-state index in [0.717, 1.165) is 11.3 Å². The fraction of sp³-hybridized carbons (Fsp3) is 0.176. The molecular weight excluding hydrogens is 298 g/mol. The molecule has 2 N–H and O–H groups in total. The number of carboxylic acids is 1. The number of nitrogens with one attached hydrogen (secondary N) is 1. The molecule has 0 unspecified atom stereocenters. The molecule has 0 aliphatic heterocycles. The predicted molar refractivity (Wildman–Crippen MR) is 83.7 cm³/mol. The zero-order chi connectivity index (χ0) is 16.7.